The summed E-state index contributed by atoms with van der Waals surface area (Å²) in [6.07, 6.45) is 0. The van der Waals surface area contributed by atoms with Crippen LogP contribution >= 0.6 is 0 Å². The molecule has 4 aromatic carbocycles. The number of nitrogens with two attached hydrogens (primary N) is 1. The molecule has 0 aliphatic rings. The summed E-state index contributed by atoms with van der Waals surface area (Å²) in [5.74, 6) is -0.456. The number of rotatable bonds is 9. The van der Waals surface area contributed by atoms with E-state index in [1.54, 1.807) is 26.0 Å². The van der Waals surface area contributed by atoms with Crippen molar-refractivity contribution in [2.75, 3.05) is 5.73 Å². The van der Waals surface area contributed by atoms with E-state index >= 15 is 0 Å². The van der Waals surface area contributed by atoms with Crippen LogP contribution < -0.4 is 9.92 Å². The van der Waals surface area contributed by atoms with E-state index in [-0.39, 0.29) is 27.8 Å². The van der Waals surface area contributed by atoms with E-state index in [4.69, 9.17) is 9.92 Å². The van der Waals surface area contributed by atoms with Crippen LogP contribution in [-0.2, 0) is 31.3 Å². The third kappa shape index (κ3) is 6.92. The summed E-state index contributed by atoms with van der Waals surface area (Å²) < 4.78 is 83.4. The van der Waals surface area contributed by atoms with Crippen molar-refractivity contribution in [3.8, 4) is 11.5 Å². The quantitative estimate of drug-likeness (QED) is 0.0906. The lowest BCUT2D eigenvalue weighted by atomic mass is 10.0. The van der Waals surface area contributed by atoms with E-state index in [1.165, 1.54) is 24.3 Å². The Bertz CT molecular complexity index is 2080. The van der Waals surface area contributed by atoms with Crippen molar-refractivity contribution in [1.29, 1.82) is 0 Å². The highest BCUT2D eigenvalue weighted by Crippen LogP contribution is 2.47. The second kappa shape index (κ2) is 12.0. The molecule has 5 N–H and O–H groups in total. The number of hydrogen-bond donors (Lipinski definition) is 4. The number of phenols is 1. The zero-order valence-electron chi connectivity index (χ0n) is 22.4. The number of nitrogen functional groups attached to an aromatic ring is 1. The number of azo groups is 2. The first-order valence-electron chi connectivity index (χ1n) is 11.9. The molecule has 0 amide bonds. The maximum Gasteiger partial charge on any atom is 0.296 e. The molecule has 0 saturated carbocycles. The van der Waals surface area contributed by atoms with Crippen LogP contribution in [0.1, 0.15) is 11.1 Å². The van der Waals surface area contributed by atoms with Crippen LogP contribution in [0.2, 0.25) is 0 Å². The molecule has 0 fully saturated rings. The van der Waals surface area contributed by atoms with Gasteiger partial charge in [-0.05, 0) is 78.9 Å². The molecule has 0 bridgehead atoms. The van der Waals surface area contributed by atoms with Crippen LogP contribution in [0.5, 0.6) is 11.5 Å². The highest BCUT2D eigenvalue weighted by atomic mass is 32.2. The normalized spacial score (nSPS) is 13.1. The Kier molecular flexibility index (Phi) is 8.74. The van der Waals surface area contributed by atoms with Crippen LogP contribution in [0.4, 0.5) is 28.4 Å². The average Bonchev–Trinajstić information content (AvgIpc) is 2.92. The Morgan fingerprint density at radius 2 is 1.51 bits per heavy atom. The molecule has 0 saturated heterocycles. The molecular formula is C26H23N5O9S3. The van der Waals surface area contributed by atoms with Gasteiger partial charge in [0.05, 0.1) is 27.3 Å². The summed E-state index contributed by atoms with van der Waals surface area (Å²) >= 11 is -1.70. The summed E-state index contributed by atoms with van der Waals surface area (Å²) in [5.41, 5.74) is 6.85. The lowest BCUT2D eigenvalue weighted by molar-refractivity contribution is 0.472. The lowest BCUT2D eigenvalue weighted by Gasteiger charge is -2.13. The number of nitrogens with zero attached hydrogens (tertiary/aromatic N) is 4. The maximum absolute atomic E-state index is 12.2. The summed E-state index contributed by atoms with van der Waals surface area (Å²) in [6, 6.07) is 12.1. The minimum Gasteiger partial charge on any atom is -0.505 e. The zero-order chi connectivity index (χ0) is 31.7. The van der Waals surface area contributed by atoms with Crippen LogP contribution in [-0.4, -0.2) is 35.3 Å². The van der Waals surface area contributed by atoms with E-state index in [2.05, 4.69) is 27.0 Å². The number of hydrogen-bond acceptors (Lipinski definition) is 12. The summed E-state index contributed by atoms with van der Waals surface area (Å²) in [7, 11) is -9.54. The summed E-state index contributed by atoms with van der Waals surface area (Å²) in [6.45, 7) is 6.54. The van der Waals surface area contributed by atoms with Gasteiger partial charge in [-0.3, -0.25) is 9.11 Å². The van der Waals surface area contributed by atoms with E-state index in [1.807, 2.05) is 0 Å². The fourth-order valence-corrected chi connectivity index (χ4v) is 5.40. The van der Waals surface area contributed by atoms with Gasteiger partial charge in [0.25, 0.3) is 20.2 Å². The SMILES string of the molecule is C=CS(=O)Oc1ccc(N=Nc2c(C)cc3cc(S(=O)(=O)O)c(N=Nc4cc(S(=O)(=O)O)ccc4C)c(O)c3c2N)cc1. The summed E-state index contributed by atoms with van der Waals surface area (Å²) in [4.78, 5) is -1.29. The molecule has 0 heterocycles. The smallest absolute Gasteiger partial charge is 0.296 e. The molecule has 1 atom stereocenters. The van der Waals surface area contributed by atoms with Gasteiger partial charge in [0.2, 0.25) is 11.1 Å². The first-order valence-corrected chi connectivity index (χ1v) is 15.9. The van der Waals surface area contributed by atoms with Gasteiger partial charge < -0.3 is 15.0 Å². The fourth-order valence-electron chi connectivity index (χ4n) is 3.88. The van der Waals surface area contributed by atoms with Gasteiger partial charge in [-0.1, -0.05) is 12.6 Å². The third-order valence-electron chi connectivity index (χ3n) is 5.97. The first kappa shape index (κ1) is 31.4. The van der Waals surface area contributed by atoms with Crippen LogP contribution in [0.15, 0.2) is 96.8 Å². The van der Waals surface area contributed by atoms with E-state index < -0.39 is 52.5 Å². The fraction of sp³-hybridized carbons (Fsp3) is 0.0769. The standard InChI is InChI=1S/C26H23N5O9S3/c1-4-41(33)40-18-8-6-17(7-9-18)28-30-24-15(3)11-16-12-21(43(37,38)39)25(26(32)22(16)23(24)27)31-29-20-13-19(42(34,35)36)10-5-14(20)2/h4-13,32H,1,27H2,2-3H3,(H,34,35,36)(H,37,38,39). The third-order valence-corrected chi connectivity index (χ3v) is 8.32. The topological polar surface area (TPSA) is 231 Å². The Morgan fingerprint density at radius 3 is 2.12 bits per heavy atom. The largest absolute Gasteiger partial charge is 0.505 e. The van der Waals surface area contributed by atoms with E-state index in [0.717, 1.165) is 23.6 Å². The monoisotopic (exact) mass is 645 g/mol. The van der Waals surface area contributed by atoms with Crippen LogP contribution in [0.3, 0.4) is 0 Å². The van der Waals surface area contributed by atoms with Crippen molar-refractivity contribution in [3.63, 3.8) is 0 Å². The predicted octanol–water partition coefficient (Wildman–Crippen LogP) is 6.25. The number of aryl methyl sites for hydroxylation is 2. The van der Waals surface area contributed by atoms with Crippen molar-refractivity contribution < 1.29 is 39.4 Å². The van der Waals surface area contributed by atoms with Gasteiger partial charge in [0.15, 0.2) is 5.75 Å². The number of fused-ring (bicyclic) bond motifs is 1. The van der Waals surface area contributed by atoms with Gasteiger partial charge in [-0.15, -0.1) is 10.2 Å². The van der Waals surface area contributed by atoms with Gasteiger partial charge >= 0.3 is 0 Å². The van der Waals surface area contributed by atoms with E-state index in [9.17, 15) is 35.3 Å². The summed E-state index contributed by atoms with van der Waals surface area (Å²) in [5, 5.41) is 28.3. The molecule has 17 heteroatoms. The molecule has 0 aliphatic heterocycles. The van der Waals surface area contributed by atoms with Crippen LogP contribution in [0, 0.1) is 13.8 Å². The van der Waals surface area contributed by atoms with Gasteiger partial charge in [-0.2, -0.15) is 27.1 Å². The van der Waals surface area contributed by atoms with Crippen LogP contribution in [0.25, 0.3) is 10.8 Å². The number of benzene rings is 4. The lowest BCUT2D eigenvalue weighted by Crippen LogP contribution is -2.00. The second-order valence-electron chi connectivity index (χ2n) is 8.93. The van der Waals surface area contributed by atoms with E-state index in [0.29, 0.717) is 22.6 Å². The highest BCUT2D eigenvalue weighted by molar-refractivity contribution is 7.86. The highest BCUT2D eigenvalue weighted by Gasteiger charge is 2.25. The average molecular weight is 646 g/mol. The molecular weight excluding hydrogens is 623 g/mol. The Hall–Kier alpha value is -4.55. The molecule has 0 aliphatic carbocycles. The van der Waals surface area contributed by atoms with Crippen molar-refractivity contribution >= 4 is 70.5 Å². The molecule has 0 radical (unpaired) electrons. The molecule has 14 nitrogen and oxygen atoms in total. The van der Waals surface area contributed by atoms with Gasteiger partial charge in [0, 0.05) is 5.41 Å². The predicted molar refractivity (Wildman–Crippen MR) is 159 cm³/mol. The van der Waals surface area contributed by atoms with Crippen molar-refractivity contribution in [2.45, 2.75) is 23.6 Å². The minimum absolute atomic E-state index is 0.0695. The molecule has 1 unspecified atom stereocenters. The Labute approximate surface area is 248 Å². The number of phenolic OH excluding ortho intramolecular Hbond substituents is 1. The van der Waals surface area contributed by atoms with Gasteiger partial charge in [-0.25, -0.2) is 4.21 Å². The minimum atomic E-state index is -4.96. The molecule has 43 heavy (non-hydrogen) atoms. The molecule has 4 aromatic rings. The molecule has 0 spiro atoms. The zero-order valence-corrected chi connectivity index (χ0v) is 24.8. The Balaban J connectivity index is 1.84. The number of anilines is 1. The Morgan fingerprint density at radius 1 is 0.860 bits per heavy atom. The maximum atomic E-state index is 12.2. The molecule has 0 aromatic heterocycles. The molecule has 224 valence electrons. The second-order valence-corrected chi connectivity index (χ2v) is 12.8. The van der Waals surface area contributed by atoms with Gasteiger partial charge in [0.1, 0.15) is 22.0 Å². The first-order chi connectivity index (χ1) is 20.1. The number of aromatic hydroxyl groups is 1. The van der Waals surface area contributed by atoms with Crippen molar-refractivity contribution in [2.24, 2.45) is 20.5 Å². The van der Waals surface area contributed by atoms with Crippen molar-refractivity contribution in [3.05, 3.63) is 77.7 Å². The van der Waals surface area contributed by atoms with Crippen molar-refractivity contribution in [1.82, 2.24) is 0 Å². The molecule has 4 rings (SSSR count).